The summed E-state index contributed by atoms with van der Waals surface area (Å²) in [6.45, 7) is 2.32. The second-order valence-corrected chi connectivity index (χ2v) is 3.62. The molecule has 1 unspecified atom stereocenters. The molecule has 1 N–H and O–H groups in total. The summed E-state index contributed by atoms with van der Waals surface area (Å²) in [5, 5.41) is 8.53. The third-order valence-electron chi connectivity index (χ3n) is 2.48. The first-order valence-corrected chi connectivity index (χ1v) is 5.21. The first-order chi connectivity index (χ1) is 7.16. The smallest absolute Gasteiger partial charge is 0.328 e. The van der Waals surface area contributed by atoms with Gasteiger partial charge in [0.05, 0.1) is 6.61 Å². The number of hydrogen-bond donors (Lipinski definition) is 1. The molecule has 15 heavy (non-hydrogen) atoms. The minimum Gasteiger partial charge on any atom is -0.464 e. The maximum atomic E-state index is 11.5. The Morgan fingerprint density at radius 3 is 2.87 bits per heavy atom. The van der Waals surface area contributed by atoms with Crippen molar-refractivity contribution in [3.63, 3.8) is 0 Å². The van der Waals surface area contributed by atoms with E-state index in [0.717, 1.165) is 6.42 Å². The Bertz CT molecular complexity index is 242. The fourth-order valence-electron chi connectivity index (χ4n) is 1.72. The molecule has 1 aliphatic rings. The van der Waals surface area contributed by atoms with E-state index in [1.807, 2.05) is 0 Å². The van der Waals surface area contributed by atoms with Crippen LogP contribution < -0.4 is 0 Å². The average molecular weight is 215 g/mol. The molecule has 5 heteroatoms. The molecule has 1 heterocycles. The van der Waals surface area contributed by atoms with E-state index in [9.17, 15) is 9.59 Å². The fourth-order valence-corrected chi connectivity index (χ4v) is 1.72. The Morgan fingerprint density at radius 1 is 1.53 bits per heavy atom. The summed E-state index contributed by atoms with van der Waals surface area (Å²) in [7, 11) is 0. The van der Waals surface area contributed by atoms with Gasteiger partial charge < -0.3 is 14.7 Å². The molecule has 0 aromatic rings. The minimum atomic E-state index is -0.416. The predicted octanol–water partition coefficient (Wildman–Crippen LogP) is -0.0771. The second-order valence-electron chi connectivity index (χ2n) is 3.62. The summed E-state index contributed by atoms with van der Waals surface area (Å²) in [4.78, 5) is 24.2. The number of hydrogen-bond acceptors (Lipinski definition) is 4. The van der Waals surface area contributed by atoms with Crippen molar-refractivity contribution in [1.29, 1.82) is 0 Å². The van der Waals surface area contributed by atoms with Gasteiger partial charge in [0.1, 0.15) is 6.04 Å². The van der Waals surface area contributed by atoms with E-state index < -0.39 is 6.04 Å². The zero-order chi connectivity index (χ0) is 11.3. The molecule has 1 rings (SSSR count). The highest BCUT2D eigenvalue weighted by Crippen LogP contribution is 2.18. The highest BCUT2D eigenvalue weighted by molar-refractivity contribution is 5.83. The highest BCUT2D eigenvalue weighted by Gasteiger charge is 2.33. The van der Waals surface area contributed by atoms with Gasteiger partial charge in [0.2, 0.25) is 5.91 Å². The van der Waals surface area contributed by atoms with Crippen molar-refractivity contribution >= 4 is 11.9 Å². The number of amides is 1. The molecule has 0 bridgehead atoms. The molecule has 1 saturated heterocycles. The van der Waals surface area contributed by atoms with Crippen LogP contribution in [0.5, 0.6) is 0 Å². The standard InChI is InChI=1S/C10H17NO4/c1-8(13)11-5-2-4-9(11)10(14)15-7-3-6-12/h9,12H,2-7H2,1H3. The molecule has 0 aromatic heterocycles. The van der Waals surface area contributed by atoms with Crippen molar-refractivity contribution in [2.24, 2.45) is 0 Å². The van der Waals surface area contributed by atoms with Crippen molar-refractivity contribution in [3.05, 3.63) is 0 Å². The molecule has 0 saturated carbocycles. The third kappa shape index (κ3) is 3.20. The quantitative estimate of drug-likeness (QED) is 0.526. The van der Waals surface area contributed by atoms with Gasteiger partial charge in [-0.25, -0.2) is 4.79 Å². The van der Waals surface area contributed by atoms with E-state index in [-0.39, 0.29) is 25.1 Å². The van der Waals surface area contributed by atoms with Gasteiger partial charge in [-0.1, -0.05) is 0 Å². The number of rotatable bonds is 4. The van der Waals surface area contributed by atoms with Crippen LogP contribution >= 0.6 is 0 Å². The first-order valence-electron chi connectivity index (χ1n) is 5.21. The van der Waals surface area contributed by atoms with Gasteiger partial charge in [-0.3, -0.25) is 4.79 Å². The Balaban J connectivity index is 2.40. The summed E-state index contributed by atoms with van der Waals surface area (Å²) in [5.41, 5.74) is 0. The number of carbonyl (C=O) groups excluding carboxylic acids is 2. The Kier molecular flexibility index (Phi) is 4.55. The van der Waals surface area contributed by atoms with Crippen LogP contribution in [0.3, 0.4) is 0 Å². The molecule has 0 spiro atoms. The molecule has 1 atom stereocenters. The van der Waals surface area contributed by atoms with Gasteiger partial charge >= 0.3 is 5.97 Å². The molecule has 5 nitrogen and oxygen atoms in total. The molecule has 0 radical (unpaired) electrons. The monoisotopic (exact) mass is 215 g/mol. The van der Waals surface area contributed by atoms with Crippen LogP contribution in [-0.2, 0) is 14.3 Å². The summed E-state index contributed by atoms with van der Waals surface area (Å²) in [6, 6.07) is -0.416. The Labute approximate surface area is 89.0 Å². The number of carbonyl (C=O) groups is 2. The predicted molar refractivity (Wildman–Crippen MR) is 53.1 cm³/mol. The van der Waals surface area contributed by atoms with Crippen LogP contribution in [0, 0.1) is 0 Å². The number of likely N-dealkylation sites (tertiary alicyclic amines) is 1. The molecule has 1 amide bonds. The average Bonchev–Trinajstić information content (AvgIpc) is 2.66. The van der Waals surface area contributed by atoms with E-state index in [1.165, 1.54) is 6.92 Å². The van der Waals surface area contributed by atoms with E-state index in [0.29, 0.717) is 19.4 Å². The lowest BCUT2D eigenvalue weighted by Gasteiger charge is -2.21. The molecule has 1 fully saturated rings. The van der Waals surface area contributed by atoms with Crippen LogP contribution in [0.25, 0.3) is 0 Å². The number of aliphatic hydroxyl groups excluding tert-OH is 1. The van der Waals surface area contributed by atoms with Gasteiger partial charge in [-0.2, -0.15) is 0 Å². The van der Waals surface area contributed by atoms with E-state index >= 15 is 0 Å². The SMILES string of the molecule is CC(=O)N1CCCC1C(=O)OCCCO. The van der Waals surface area contributed by atoms with Crippen LogP contribution in [0.2, 0.25) is 0 Å². The molecular weight excluding hydrogens is 198 g/mol. The van der Waals surface area contributed by atoms with E-state index in [4.69, 9.17) is 9.84 Å². The number of nitrogens with zero attached hydrogens (tertiary/aromatic N) is 1. The summed E-state index contributed by atoms with van der Waals surface area (Å²) in [5.74, 6) is -0.437. The van der Waals surface area contributed by atoms with Gasteiger partial charge in [-0.15, -0.1) is 0 Å². The number of esters is 1. The largest absolute Gasteiger partial charge is 0.464 e. The van der Waals surface area contributed by atoms with Crippen molar-refractivity contribution in [2.75, 3.05) is 19.8 Å². The number of aliphatic hydroxyl groups is 1. The van der Waals surface area contributed by atoms with E-state index in [1.54, 1.807) is 4.90 Å². The zero-order valence-electron chi connectivity index (χ0n) is 8.94. The maximum absolute atomic E-state index is 11.5. The normalized spacial score (nSPS) is 20.4. The summed E-state index contributed by atoms with van der Waals surface area (Å²) < 4.78 is 4.95. The summed E-state index contributed by atoms with van der Waals surface area (Å²) in [6.07, 6.45) is 1.97. The van der Waals surface area contributed by atoms with E-state index in [2.05, 4.69) is 0 Å². The van der Waals surface area contributed by atoms with Crippen LogP contribution in [-0.4, -0.2) is 47.7 Å². The topological polar surface area (TPSA) is 66.8 Å². The van der Waals surface area contributed by atoms with Gasteiger partial charge in [0.25, 0.3) is 0 Å². The Morgan fingerprint density at radius 2 is 2.27 bits per heavy atom. The van der Waals surface area contributed by atoms with Gasteiger partial charge in [0, 0.05) is 26.5 Å². The molecule has 0 aliphatic carbocycles. The lowest BCUT2D eigenvalue weighted by atomic mass is 10.2. The van der Waals surface area contributed by atoms with Crippen molar-refractivity contribution in [1.82, 2.24) is 4.90 Å². The van der Waals surface area contributed by atoms with Crippen molar-refractivity contribution in [3.8, 4) is 0 Å². The lowest BCUT2D eigenvalue weighted by molar-refractivity contribution is -0.153. The molecule has 1 aliphatic heterocycles. The lowest BCUT2D eigenvalue weighted by Crippen LogP contribution is -2.40. The minimum absolute atomic E-state index is 0.00830. The number of ether oxygens (including phenoxy) is 1. The second kappa shape index (κ2) is 5.70. The van der Waals surface area contributed by atoms with Gasteiger partial charge in [0.15, 0.2) is 0 Å². The first kappa shape index (κ1) is 12.0. The van der Waals surface area contributed by atoms with Crippen LogP contribution in [0.4, 0.5) is 0 Å². The van der Waals surface area contributed by atoms with Gasteiger partial charge in [-0.05, 0) is 12.8 Å². The van der Waals surface area contributed by atoms with Crippen molar-refractivity contribution < 1.29 is 19.4 Å². The molecule has 0 aromatic carbocycles. The van der Waals surface area contributed by atoms with Crippen LogP contribution in [0.1, 0.15) is 26.2 Å². The van der Waals surface area contributed by atoms with Crippen LogP contribution in [0.15, 0.2) is 0 Å². The third-order valence-corrected chi connectivity index (χ3v) is 2.48. The summed E-state index contributed by atoms with van der Waals surface area (Å²) >= 11 is 0. The highest BCUT2D eigenvalue weighted by atomic mass is 16.5. The fraction of sp³-hybridized carbons (Fsp3) is 0.800. The molecular formula is C10H17NO4. The zero-order valence-corrected chi connectivity index (χ0v) is 8.94. The van der Waals surface area contributed by atoms with Crippen molar-refractivity contribution in [2.45, 2.75) is 32.2 Å². The molecule has 86 valence electrons. The Hall–Kier alpha value is -1.10. The maximum Gasteiger partial charge on any atom is 0.328 e.